The van der Waals surface area contributed by atoms with Crippen LogP contribution < -0.4 is 30.2 Å². The van der Waals surface area contributed by atoms with E-state index >= 15 is 0 Å². The molecule has 1 fully saturated rings. The van der Waals surface area contributed by atoms with E-state index in [9.17, 15) is 10.0 Å². The minimum atomic E-state index is -0.351. The fourth-order valence-electron chi connectivity index (χ4n) is 3.93. The first-order chi connectivity index (χ1) is 16.8. The Kier molecular flexibility index (Phi) is 7.03. The highest BCUT2D eigenvalue weighted by molar-refractivity contribution is 5.89. The first-order valence-corrected chi connectivity index (χ1v) is 11.2. The third kappa shape index (κ3) is 5.78. The molecule has 1 aromatic carbocycles. The molecule has 0 saturated carbocycles. The van der Waals surface area contributed by atoms with Crippen molar-refractivity contribution in [3.8, 4) is 17.2 Å². The molecule has 0 unspecified atom stereocenters. The van der Waals surface area contributed by atoms with Gasteiger partial charge in [-0.2, -0.15) is 4.65 Å². The molecule has 0 bridgehead atoms. The van der Waals surface area contributed by atoms with Crippen LogP contribution in [0.1, 0.15) is 12.8 Å². The van der Waals surface area contributed by atoms with Gasteiger partial charge in [-0.3, -0.25) is 5.32 Å². The van der Waals surface area contributed by atoms with Gasteiger partial charge >= 0.3 is 6.03 Å². The number of nitrogens with zero attached hydrogens (tertiary/aromatic N) is 4. The quantitative estimate of drug-likeness (QED) is 0.373. The molecule has 12 nitrogen and oxygen atoms in total. The van der Waals surface area contributed by atoms with E-state index in [1.54, 1.807) is 58.8 Å². The molecule has 2 aromatic heterocycles. The molecule has 0 atom stereocenters. The van der Waals surface area contributed by atoms with Crippen molar-refractivity contribution >= 4 is 34.5 Å². The fourth-order valence-corrected chi connectivity index (χ4v) is 3.93. The average molecular weight is 485 g/mol. The monoisotopic (exact) mass is 484 g/mol. The number of piperidine rings is 1. The third-order valence-electron chi connectivity index (χ3n) is 5.84. The van der Waals surface area contributed by atoms with Gasteiger partial charge in [0.25, 0.3) is 0 Å². The number of likely N-dealkylation sites (tertiary alicyclic amines) is 1. The van der Waals surface area contributed by atoms with Crippen molar-refractivity contribution in [3.05, 3.63) is 30.5 Å². The Morgan fingerprint density at radius 3 is 2.31 bits per heavy atom. The molecular weight excluding hydrogens is 454 g/mol. The number of rotatable bonds is 7. The Labute approximate surface area is 202 Å². The minimum absolute atomic E-state index is 0.00267. The predicted octanol–water partition coefficient (Wildman–Crippen LogP) is 2.91. The average Bonchev–Trinajstić information content (AvgIpc) is 2.84. The van der Waals surface area contributed by atoms with Gasteiger partial charge in [0.05, 0.1) is 34.6 Å². The number of nitrogens with one attached hydrogen (secondary N) is 3. The molecule has 0 radical (unpaired) electrons. The summed E-state index contributed by atoms with van der Waals surface area (Å²) in [6, 6.07) is 6.58. The highest BCUT2D eigenvalue weighted by Gasteiger charge is 2.29. The van der Waals surface area contributed by atoms with Gasteiger partial charge in [-0.05, 0) is 12.1 Å². The number of urea groups is 1. The number of hydroxylamine groups is 3. The standard InChI is InChI=1S/C23H29N7O5/c1-30(32)9-7-14(8-10-30)26-23(31)29-19-6-5-16-22(27-19)28-20(13-24-16)25-15-11-17(33-2)21(35-4)18(12-15)34-3/h5-6,11-14,32H,7-10H2,1-4H3,(H2-,25,26,27,28,29,31)/p+1. The number of carbonyl (C=O) groups excluding carboxylic acids is 1. The summed E-state index contributed by atoms with van der Waals surface area (Å²) in [4.78, 5) is 25.8. The first kappa shape index (κ1) is 24.2. The molecule has 0 spiro atoms. The number of benzene rings is 1. The summed E-state index contributed by atoms with van der Waals surface area (Å²) in [6.07, 6.45) is 2.99. The summed E-state index contributed by atoms with van der Waals surface area (Å²) in [6.45, 7) is 1.19. The molecule has 35 heavy (non-hydrogen) atoms. The van der Waals surface area contributed by atoms with Crippen LogP contribution in [0.25, 0.3) is 11.2 Å². The summed E-state index contributed by atoms with van der Waals surface area (Å²) in [5, 5.41) is 18.9. The number of amides is 2. The highest BCUT2D eigenvalue weighted by Crippen LogP contribution is 2.40. The molecule has 3 aromatic rings. The molecule has 1 saturated heterocycles. The van der Waals surface area contributed by atoms with Gasteiger partial charge in [0.2, 0.25) is 5.75 Å². The second-order valence-corrected chi connectivity index (χ2v) is 8.49. The SMILES string of the molecule is COc1cc(Nc2cnc3ccc(NC(=O)NC4CC[N+](C)(O)CC4)nc3n2)cc(OC)c1OC. The van der Waals surface area contributed by atoms with Crippen LogP contribution in [0, 0.1) is 0 Å². The summed E-state index contributed by atoms with van der Waals surface area (Å²) < 4.78 is 16.1. The van der Waals surface area contributed by atoms with Crippen LogP contribution in [0.5, 0.6) is 17.2 Å². The zero-order chi connectivity index (χ0) is 25.0. The lowest BCUT2D eigenvalue weighted by atomic mass is 10.1. The van der Waals surface area contributed by atoms with Gasteiger partial charge in [0.15, 0.2) is 23.0 Å². The molecule has 0 aliphatic carbocycles. The highest BCUT2D eigenvalue weighted by atomic mass is 16.5. The maximum atomic E-state index is 12.4. The Morgan fingerprint density at radius 1 is 1.03 bits per heavy atom. The van der Waals surface area contributed by atoms with Crippen LogP contribution >= 0.6 is 0 Å². The van der Waals surface area contributed by atoms with Crippen LogP contribution in [0.2, 0.25) is 0 Å². The first-order valence-electron chi connectivity index (χ1n) is 11.2. The minimum Gasteiger partial charge on any atom is -0.493 e. The van der Waals surface area contributed by atoms with E-state index in [4.69, 9.17) is 14.2 Å². The molecule has 4 rings (SSSR count). The van der Waals surface area contributed by atoms with E-state index in [0.717, 1.165) is 0 Å². The third-order valence-corrected chi connectivity index (χ3v) is 5.84. The van der Waals surface area contributed by atoms with E-state index in [1.165, 1.54) is 0 Å². The Morgan fingerprint density at radius 2 is 1.69 bits per heavy atom. The van der Waals surface area contributed by atoms with Gasteiger partial charge in [0, 0.05) is 36.7 Å². The van der Waals surface area contributed by atoms with Gasteiger partial charge < -0.3 is 24.8 Å². The Bertz CT molecular complexity index is 1190. The largest absolute Gasteiger partial charge is 0.493 e. The number of pyridine rings is 1. The van der Waals surface area contributed by atoms with Gasteiger partial charge in [0.1, 0.15) is 24.4 Å². The summed E-state index contributed by atoms with van der Waals surface area (Å²) in [7, 11) is 6.39. The van der Waals surface area contributed by atoms with Gasteiger partial charge in [-0.1, -0.05) is 0 Å². The predicted molar refractivity (Wildman–Crippen MR) is 130 cm³/mol. The molecule has 2 amide bonds. The second kappa shape index (κ2) is 10.2. The number of methoxy groups -OCH3 is 3. The maximum Gasteiger partial charge on any atom is 0.320 e. The molecule has 3 heterocycles. The lowest BCUT2D eigenvalue weighted by molar-refractivity contribution is -1.09. The van der Waals surface area contributed by atoms with Gasteiger partial charge in [-0.15, -0.1) is 0 Å². The molecule has 1 aliphatic heterocycles. The molecule has 1 aliphatic rings. The Hall–Kier alpha value is -3.90. The number of fused-ring (bicyclic) bond motifs is 1. The molecular formula is C23H30N7O5+. The van der Waals surface area contributed by atoms with E-state index in [0.29, 0.717) is 71.7 Å². The van der Waals surface area contributed by atoms with Crippen LogP contribution in [-0.2, 0) is 0 Å². The maximum absolute atomic E-state index is 12.4. The van der Waals surface area contributed by atoms with Crippen LogP contribution in [0.15, 0.2) is 30.5 Å². The van der Waals surface area contributed by atoms with Crippen molar-refractivity contribution in [2.24, 2.45) is 0 Å². The summed E-state index contributed by atoms with van der Waals surface area (Å²) >= 11 is 0. The van der Waals surface area contributed by atoms with Crippen LogP contribution in [-0.4, -0.2) is 78.3 Å². The van der Waals surface area contributed by atoms with Crippen molar-refractivity contribution in [3.63, 3.8) is 0 Å². The number of hydrogen-bond donors (Lipinski definition) is 4. The van der Waals surface area contributed by atoms with E-state index in [-0.39, 0.29) is 16.7 Å². The number of hydrogen-bond acceptors (Lipinski definition) is 9. The van der Waals surface area contributed by atoms with E-state index in [2.05, 4.69) is 30.9 Å². The fraction of sp³-hybridized carbons (Fsp3) is 0.391. The van der Waals surface area contributed by atoms with Crippen molar-refractivity contribution in [2.45, 2.75) is 18.9 Å². The number of anilines is 3. The normalized spacial score (nSPS) is 19.6. The zero-order valence-corrected chi connectivity index (χ0v) is 20.2. The zero-order valence-electron chi connectivity index (χ0n) is 20.2. The molecule has 12 heteroatoms. The van der Waals surface area contributed by atoms with Crippen LogP contribution in [0.3, 0.4) is 0 Å². The number of quaternary nitrogens is 1. The Balaban J connectivity index is 1.47. The number of carbonyl (C=O) groups is 1. The van der Waals surface area contributed by atoms with E-state index < -0.39 is 0 Å². The van der Waals surface area contributed by atoms with Crippen LogP contribution in [0.4, 0.5) is 22.1 Å². The molecule has 4 N–H and O–H groups in total. The van der Waals surface area contributed by atoms with Crippen molar-refractivity contribution in [2.75, 3.05) is 52.1 Å². The summed E-state index contributed by atoms with van der Waals surface area (Å²) in [5.41, 5.74) is 1.61. The van der Waals surface area contributed by atoms with Crippen molar-refractivity contribution in [1.82, 2.24) is 20.3 Å². The van der Waals surface area contributed by atoms with Crippen molar-refractivity contribution < 1.29 is 28.9 Å². The molecule has 186 valence electrons. The smallest absolute Gasteiger partial charge is 0.320 e. The number of ether oxygens (including phenoxy) is 3. The lowest BCUT2D eigenvalue weighted by Crippen LogP contribution is -2.52. The second-order valence-electron chi connectivity index (χ2n) is 8.49. The van der Waals surface area contributed by atoms with E-state index in [1.807, 2.05) is 0 Å². The topological polar surface area (TPSA) is 140 Å². The lowest BCUT2D eigenvalue weighted by Gasteiger charge is -2.33. The number of aromatic nitrogens is 3. The van der Waals surface area contributed by atoms with Crippen molar-refractivity contribution in [1.29, 1.82) is 0 Å². The van der Waals surface area contributed by atoms with Gasteiger partial charge in [-0.25, -0.2) is 25.0 Å². The summed E-state index contributed by atoms with van der Waals surface area (Å²) in [5.74, 6) is 2.29.